The molecule has 1 aromatic rings. The monoisotopic (exact) mass is 184 g/mol. The fraction of sp³-hybridized carbons (Fsp3) is 0. The van der Waals surface area contributed by atoms with Crippen molar-refractivity contribution in [2.24, 2.45) is 0 Å². The summed E-state index contributed by atoms with van der Waals surface area (Å²) in [7, 11) is 0. The Morgan fingerprint density at radius 2 is 1.50 bits per heavy atom. The van der Waals surface area contributed by atoms with E-state index in [0.717, 1.165) is 10.6 Å². The molecule has 0 heterocycles. The Hall–Kier alpha value is 0.436. The van der Waals surface area contributed by atoms with Crippen molar-refractivity contribution in [1.82, 2.24) is 0 Å². The van der Waals surface area contributed by atoms with Crippen LogP contribution in [0.3, 0.4) is 0 Å². The first kappa shape index (κ1) is 13.1. The summed E-state index contributed by atoms with van der Waals surface area (Å²) in [5.41, 5.74) is 0.995. The van der Waals surface area contributed by atoms with E-state index < -0.39 is 0 Å². The van der Waals surface area contributed by atoms with Crippen molar-refractivity contribution < 1.29 is 12.4 Å². The molecule has 1 aromatic carbocycles. The average molecular weight is 185 g/mol. The Balaban J connectivity index is 0. The van der Waals surface area contributed by atoms with Crippen LogP contribution in [-0.4, -0.2) is 23.1 Å². The van der Waals surface area contributed by atoms with Gasteiger partial charge in [-0.15, -0.1) is 0 Å². The summed E-state index contributed by atoms with van der Waals surface area (Å²) in [6.07, 6.45) is 0. The van der Waals surface area contributed by atoms with Gasteiger partial charge in [-0.25, -0.2) is 0 Å². The predicted octanol–water partition coefficient (Wildman–Crippen LogP) is -0.855. The summed E-state index contributed by atoms with van der Waals surface area (Å²) in [5, 5.41) is 0.761. The summed E-state index contributed by atoms with van der Waals surface area (Å²) < 4.78 is 0. The van der Waals surface area contributed by atoms with E-state index in [4.69, 9.17) is 11.6 Å². The Morgan fingerprint density at radius 1 is 1.10 bits per heavy atom. The Bertz CT molecular complexity index is 150. The van der Waals surface area contributed by atoms with Gasteiger partial charge in [-0.05, 0) is 0 Å². The fourth-order valence-corrected chi connectivity index (χ4v) is 0.610. The zero-order valence-electron chi connectivity index (χ0n) is 5.48. The van der Waals surface area contributed by atoms with Crippen LogP contribution in [-0.2, 0) is 0 Å². The van der Waals surface area contributed by atoms with E-state index in [9.17, 15) is 0 Å². The smallest absolute Gasteiger partial charge is 1.00 e. The van der Waals surface area contributed by atoms with Gasteiger partial charge in [-0.2, -0.15) is 24.6 Å². The van der Waals surface area contributed by atoms with Crippen molar-refractivity contribution in [3.8, 4) is 0 Å². The van der Waals surface area contributed by atoms with Crippen molar-refractivity contribution in [3.63, 3.8) is 0 Å². The van der Waals surface area contributed by atoms with Gasteiger partial charge < -0.3 is 12.4 Å². The van der Waals surface area contributed by atoms with Crippen LogP contribution in [0.15, 0.2) is 24.3 Å². The van der Waals surface area contributed by atoms with Crippen molar-refractivity contribution >= 4 is 34.7 Å². The molecule has 0 bridgehead atoms. The second kappa shape index (κ2) is 6.17. The maximum Gasteiger partial charge on any atom is 2.00 e. The largest absolute Gasteiger partial charge is 2.00 e. The van der Waals surface area contributed by atoms with Gasteiger partial charge in [-0.1, -0.05) is 23.7 Å². The van der Waals surface area contributed by atoms with Gasteiger partial charge in [0.2, 0.25) is 0 Å². The van der Waals surface area contributed by atoms with Crippen molar-refractivity contribution in [2.45, 2.75) is 0 Å². The molecular weight excluding hydrogens is 179 g/mol. The molecule has 0 aliphatic carbocycles. The minimum atomic E-state index is 0. The molecule has 0 spiro atoms. The van der Waals surface area contributed by atoms with Gasteiger partial charge in [0.25, 0.3) is 0 Å². The maximum absolute atomic E-state index is 5.58. The normalized spacial score (nSPS) is 7.30. The third kappa shape index (κ3) is 4.28. The van der Waals surface area contributed by atoms with E-state index in [2.05, 4.69) is 6.92 Å². The average Bonchev–Trinajstić information content (AvgIpc) is 1.77. The molecule has 0 amide bonds. The van der Waals surface area contributed by atoms with Crippen molar-refractivity contribution in [3.05, 3.63) is 41.8 Å². The van der Waals surface area contributed by atoms with Crippen molar-refractivity contribution in [2.75, 3.05) is 0 Å². The Morgan fingerprint density at radius 3 is 1.80 bits per heavy atom. The molecule has 0 radical (unpaired) electrons. The molecule has 0 aromatic heterocycles. The fourth-order valence-electron chi connectivity index (χ4n) is 0.484. The number of hydrogen-bond donors (Lipinski definition) is 0. The topological polar surface area (TPSA) is 0 Å². The summed E-state index contributed by atoms with van der Waals surface area (Å²) in [5.74, 6) is 0. The van der Waals surface area contributed by atoms with Crippen LogP contribution < -0.4 is 12.4 Å². The molecule has 50 valence electrons. The quantitative estimate of drug-likeness (QED) is 0.365. The van der Waals surface area contributed by atoms with Gasteiger partial charge in [-0.3, -0.25) is 0 Å². The second-order valence-electron chi connectivity index (χ2n) is 1.63. The summed E-state index contributed by atoms with van der Waals surface area (Å²) in [6, 6.07) is 7.40. The summed E-state index contributed by atoms with van der Waals surface area (Å²) in [4.78, 5) is 0. The molecule has 3 heteroatoms. The van der Waals surface area contributed by atoms with Crippen LogP contribution in [0.5, 0.6) is 0 Å². The first-order valence-electron chi connectivity index (χ1n) is 2.36. The zero-order valence-corrected chi connectivity index (χ0v) is 8.41. The standard InChI is InChI=1S/C7H6Cl.ClH.Mg/c1-6-2-4-7(8)5-3-6;;/h2-5H,1H2;1H;/q-1;;+2/p-1. The molecule has 0 aliphatic rings. The molecule has 0 N–H and O–H groups in total. The number of benzene rings is 1. The molecular formula is C7H6Cl2Mg. The molecule has 0 nitrogen and oxygen atoms in total. The number of hydrogen-bond acceptors (Lipinski definition) is 0. The van der Waals surface area contributed by atoms with E-state index in [1.165, 1.54) is 0 Å². The third-order valence-corrected chi connectivity index (χ3v) is 1.17. The molecule has 0 fully saturated rings. The van der Waals surface area contributed by atoms with Crippen LogP contribution in [0.2, 0.25) is 5.02 Å². The molecule has 0 aliphatic heterocycles. The van der Waals surface area contributed by atoms with Gasteiger partial charge >= 0.3 is 23.1 Å². The first-order chi connectivity index (χ1) is 3.79. The van der Waals surface area contributed by atoms with Crippen LogP contribution >= 0.6 is 11.6 Å². The molecule has 10 heavy (non-hydrogen) atoms. The number of halogens is 2. The Labute approximate surface area is 88.5 Å². The van der Waals surface area contributed by atoms with Gasteiger partial charge in [0, 0.05) is 5.02 Å². The van der Waals surface area contributed by atoms with Crippen LogP contribution in [0.1, 0.15) is 5.56 Å². The minimum Gasteiger partial charge on any atom is -1.00 e. The second-order valence-corrected chi connectivity index (χ2v) is 2.06. The summed E-state index contributed by atoms with van der Waals surface area (Å²) >= 11 is 5.58. The van der Waals surface area contributed by atoms with Crippen LogP contribution in [0.4, 0.5) is 0 Å². The van der Waals surface area contributed by atoms with Crippen LogP contribution in [0.25, 0.3) is 0 Å². The minimum absolute atomic E-state index is 0. The molecule has 0 unspecified atom stereocenters. The van der Waals surface area contributed by atoms with Crippen molar-refractivity contribution in [1.29, 1.82) is 0 Å². The van der Waals surface area contributed by atoms with Gasteiger partial charge in [0.1, 0.15) is 0 Å². The molecule has 0 saturated carbocycles. The molecule has 1 rings (SSSR count). The van der Waals surface area contributed by atoms with E-state index >= 15 is 0 Å². The number of rotatable bonds is 0. The summed E-state index contributed by atoms with van der Waals surface area (Å²) in [6.45, 7) is 3.70. The van der Waals surface area contributed by atoms with E-state index in [-0.39, 0.29) is 35.5 Å². The van der Waals surface area contributed by atoms with Crippen LogP contribution in [0, 0.1) is 6.92 Å². The van der Waals surface area contributed by atoms with Gasteiger partial charge in [0.05, 0.1) is 0 Å². The first-order valence-corrected chi connectivity index (χ1v) is 2.74. The van der Waals surface area contributed by atoms with E-state index in [1.807, 2.05) is 24.3 Å². The van der Waals surface area contributed by atoms with E-state index in [1.54, 1.807) is 0 Å². The molecule has 0 saturated heterocycles. The van der Waals surface area contributed by atoms with E-state index in [0.29, 0.717) is 0 Å². The zero-order chi connectivity index (χ0) is 5.98. The van der Waals surface area contributed by atoms with Gasteiger partial charge in [0.15, 0.2) is 0 Å². The maximum atomic E-state index is 5.58. The molecule has 0 atom stereocenters. The predicted molar refractivity (Wildman–Crippen MR) is 41.7 cm³/mol. The third-order valence-electron chi connectivity index (χ3n) is 0.913. The Kier molecular flexibility index (Phi) is 8.05. The SMILES string of the molecule is [CH2-]c1ccc(Cl)cc1.[Cl-].[Mg+2].